The Morgan fingerprint density at radius 1 is 0.909 bits per heavy atom. The third-order valence-corrected chi connectivity index (χ3v) is 5.78. The van der Waals surface area contributed by atoms with Crippen molar-refractivity contribution in [3.8, 4) is 0 Å². The van der Waals surface area contributed by atoms with Gasteiger partial charge >= 0.3 is 0 Å². The Labute approximate surface area is 193 Å². The minimum Gasteiger partial charge on any atom is -0.343 e. The molecule has 3 amide bonds. The maximum atomic E-state index is 13.6. The summed E-state index contributed by atoms with van der Waals surface area (Å²) in [5.74, 6) is -0.952. The van der Waals surface area contributed by atoms with Crippen LogP contribution >= 0.6 is 0 Å². The van der Waals surface area contributed by atoms with Gasteiger partial charge in [0.05, 0.1) is 6.54 Å². The molecular formula is C27H27N3O3. The number of carbonyl (C=O) groups excluding carboxylic acids is 3. The molecule has 3 aromatic carbocycles. The average Bonchev–Trinajstić information content (AvgIpc) is 2.86. The number of hydrogen-bond acceptors (Lipinski definition) is 3. The van der Waals surface area contributed by atoms with E-state index in [2.05, 4.69) is 10.6 Å². The first-order valence-electron chi connectivity index (χ1n) is 11.1. The van der Waals surface area contributed by atoms with E-state index in [1.807, 2.05) is 73.7 Å². The quantitative estimate of drug-likeness (QED) is 0.614. The largest absolute Gasteiger partial charge is 0.343 e. The second-order valence-corrected chi connectivity index (χ2v) is 8.18. The molecule has 168 valence electrons. The third kappa shape index (κ3) is 5.29. The lowest BCUT2D eigenvalue weighted by atomic mass is 9.99. The molecule has 1 aliphatic rings. The van der Waals surface area contributed by atoms with E-state index in [0.29, 0.717) is 17.7 Å². The molecule has 1 heterocycles. The number of amides is 3. The molecule has 1 aliphatic heterocycles. The van der Waals surface area contributed by atoms with E-state index in [-0.39, 0.29) is 18.4 Å². The molecule has 33 heavy (non-hydrogen) atoms. The summed E-state index contributed by atoms with van der Waals surface area (Å²) in [5, 5.41) is 5.47. The zero-order valence-corrected chi connectivity index (χ0v) is 18.6. The molecule has 0 aliphatic carbocycles. The van der Waals surface area contributed by atoms with Gasteiger partial charge in [0.1, 0.15) is 6.04 Å². The van der Waals surface area contributed by atoms with Gasteiger partial charge in [-0.15, -0.1) is 0 Å². The average molecular weight is 442 g/mol. The summed E-state index contributed by atoms with van der Waals surface area (Å²) in [6.07, 6.45) is 1.79. The lowest BCUT2D eigenvalue weighted by molar-refractivity contribution is -0.127. The smallest absolute Gasteiger partial charge is 0.254 e. The minimum atomic E-state index is -0.846. The molecule has 0 radical (unpaired) electrons. The fourth-order valence-electron chi connectivity index (χ4n) is 4.03. The molecule has 0 unspecified atom stereocenters. The van der Waals surface area contributed by atoms with Gasteiger partial charge in [0.2, 0.25) is 5.91 Å². The van der Waals surface area contributed by atoms with E-state index in [9.17, 15) is 14.4 Å². The van der Waals surface area contributed by atoms with Crippen molar-refractivity contribution < 1.29 is 14.4 Å². The van der Waals surface area contributed by atoms with Crippen molar-refractivity contribution >= 4 is 23.4 Å². The fourth-order valence-corrected chi connectivity index (χ4v) is 4.03. The molecule has 6 heteroatoms. The van der Waals surface area contributed by atoms with Gasteiger partial charge in [0.15, 0.2) is 0 Å². The predicted octanol–water partition coefficient (Wildman–Crippen LogP) is 3.56. The molecule has 0 saturated heterocycles. The van der Waals surface area contributed by atoms with Crippen molar-refractivity contribution in [2.24, 2.45) is 0 Å². The van der Waals surface area contributed by atoms with Crippen molar-refractivity contribution in [2.45, 2.75) is 25.8 Å². The van der Waals surface area contributed by atoms with Crippen LogP contribution in [0.25, 0.3) is 0 Å². The van der Waals surface area contributed by atoms with Crippen molar-refractivity contribution in [2.75, 3.05) is 18.0 Å². The second-order valence-electron chi connectivity index (χ2n) is 8.18. The summed E-state index contributed by atoms with van der Waals surface area (Å²) in [6.45, 7) is 2.32. The number of aryl methyl sites for hydroxylation is 2. The summed E-state index contributed by atoms with van der Waals surface area (Å²) < 4.78 is 0. The summed E-state index contributed by atoms with van der Waals surface area (Å²) in [4.78, 5) is 40.5. The maximum Gasteiger partial charge on any atom is 0.254 e. The van der Waals surface area contributed by atoms with Crippen molar-refractivity contribution in [3.05, 3.63) is 101 Å². The van der Waals surface area contributed by atoms with Gasteiger partial charge in [-0.2, -0.15) is 0 Å². The van der Waals surface area contributed by atoms with Crippen LogP contribution in [0.5, 0.6) is 0 Å². The Morgan fingerprint density at radius 2 is 1.61 bits per heavy atom. The van der Waals surface area contributed by atoms with Crippen molar-refractivity contribution in [1.82, 2.24) is 10.6 Å². The zero-order chi connectivity index (χ0) is 23.2. The van der Waals surface area contributed by atoms with Crippen LogP contribution in [0.2, 0.25) is 0 Å². The molecule has 1 atom stereocenters. The summed E-state index contributed by atoms with van der Waals surface area (Å²) >= 11 is 0. The molecular weight excluding hydrogens is 414 g/mol. The lowest BCUT2D eigenvalue weighted by Gasteiger charge is -2.32. The second kappa shape index (κ2) is 10.1. The number of para-hydroxylation sites is 1. The number of benzene rings is 3. The number of hydrogen-bond donors (Lipinski definition) is 2. The number of carbonyl (C=O) groups is 3. The number of anilines is 1. The van der Waals surface area contributed by atoms with E-state index in [4.69, 9.17) is 0 Å². The highest BCUT2D eigenvalue weighted by Crippen LogP contribution is 2.29. The topological polar surface area (TPSA) is 78.5 Å². The van der Waals surface area contributed by atoms with Crippen LogP contribution in [0.1, 0.15) is 39.5 Å². The molecule has 0 bridgehead atoms. The molecule has 0 aromatic heterocycles. The van der Waals surface area contributed by atoms with E-state index in [1.54, 1.807) is 17.0 Å². The Kier molecular flexibility index (Phi) is 6.83. The highest BCUT2D eigenvalue weighted by molar-refractivity contribution is 6.01. The Morgan fingerprint density at radius 3 is 2.36 bits per heavy atom. The van der Waals surface area contributed by atoms with Crippen LogP contribution in [0.3, 0.4) is 0 Å². The molecule has 3 aromatic rings. The Bertz CT molecular complexity index is 1140. The standard InChI is InChI=1S/C27H27N3O3/c1-19-13-15-22(16-14-19)26(32)28-18-24(31)29-25(21-9-3-2-4-10-21)27(33)30-17-7-11-20-8-5-6-12-23(20)30/h2-6,8-10,12-16,25H,7,11,17-18H2,1H3,(H,28,32)(H,29,31)/t25-/m1/s1. The molecule has 0 fully saturated rings. The first-order chi connectivity index (χ1) is 16.0. The van der Waals surface area contributed by atoms with Gasteiger partial charge in [-0.05, 0) is 49.1 Å². The van der Waals surface area contributed by atoms with Crippen molar-refractivity contribution in [3.63, 3.8) is 0 Å². The highest BCUT2D eigenvalue weighted by Gasteiger charge is 2.30. The van der Waals surface area contributed by atoms with Gasteiger partial charge in [-0.1, -0.05) is 66.2 Å². The first kappa shape index (κ1) is 22.3. The van der Waals surface area contributed by atoms with Crippen LogP contribution in [-0.2, 0) is 16.0 Å². The van der Waals surface area contributed by atoms with Gasteiger partial charge < -0.3 is 15.5 Å². The Hall–Kier alpha value is -3.93. The van der Waals surface area contributed by atoms with Gasteiger partial charge in [0.25, 0.3) is 11.8 Å². The SMILES string of the molecule is Cc1ccc(C(=O)NCC(=O)N[C@@H](C(=O)N2CCCc3ccccc32)c2ccccc2)cc1. The van der Waals surface area contributed by atoms with Crippen LogP contribution in [0, 0.1) is 6.92 Å². The lowest BCUT2D eigenvalue weighted by Crippen LogP contribution is -2.47. The van der Waals surface area contributed by atoms with E-state index in [0.717, 1.165) is 29.7 Å². The molecule has 2 N–H and O–H groups in total. The van der Waals surface area contributed by atoms with E-state index < -0.39 is 11.9 Å². The van der Waals surface area contributed by atoms with E-state index in [1.165, 1.54) is 0 Å². The minimum absolute atomic E-state index is 0.188. The molecule has 6 nitrogen and oxygen atoms in total. The summed E-state index contributed by atoms with van der Waals surface area (Å²) in [5.41, 5.74) is 4.24. The predicted molar refractivity (Wildman–Crippen MR) is 128 cm³/mol. The van der Waals surface area contributed by atoms with Gasteiger partial charge in [0, 0.05) is 17.8 Å². The van der Waals surface area contributed by atoms with Gasteiger partial charge in [-0.25, -0.2) is 0 Å². The monoisotopic (exact) mass is 441 g/mol. The third-order valence-electron chi connectivity index (χ3n) is 5.78. The zero-order valence-electron chi connectivity index (χ0n) is 18.6. The first-order valence-corrected chi connectivity index (χ1v) is 11.1. The number of nitrogens with one attached hydrogen (secondary N) is 2. The molecule has 0 saturated carbocycles. The maximum absolute atomic E-state index is 13.6. The Balaban J connectivity index is 1.49. The fraction of sp³-hybridized carbons (Fsp3) is 0.222. The number of nitrogens with zero attached hydrogens (tertiary/aromatic N) is 1. The summed E-state index contributed by atoms with van der Waals surface area (Å²) in [7, 11) is 0. The normalized spacial score (nSPS) is 13.5. The number of fused-ring (bicyclic) bond motifs is 1. The van der Waals surface area contributed by atoms with Crippen LogP contribution in [0.15, 0.2) is 78.9 Å². The molecule has 0 spiro atoms. The van der Waals surface area contributed by atoms with Crippen LogP contribution in [-0.4, -0.2) is 30.8 Å². The number of rotatable bonds is 6. The van der Waals surface area contributed by atoms with Crippen LogP contribution in [0.4, 0.5) is 5.69 Å². The van der Waals surface area contributed by atoms with Crippen molar-refractivity contribution in [1.29, 1.82) is 0 Å². The van der Waals surface area contributed by atoms with E-state index >= 15 is 0 Å². The van der Waals surface area contributed by atoms with Crippen LogP contribution < -0.4 is 15.5 Å². The van der Waals surface area contributed by atoms with Gasteiger partial charge in [-0.3, -0.25) is 14.4 Å². The summed E-state index contributed by atoms with van der Waals surface area (Å²) in [6, 6.07) is 23.3. The highest BCUT2D eigenvalue weighted by atomic mass is 16.2. The molecule has 4 rings (SSSR count).